The second-order valence-electron chi connectivity index (χ2n) is 6.23. The fraction of sp³-hybridized carbons (Fsp3) is 0.0435. The molecule has 0 saturated heterocycles. The van der Waals surface area contributed by atoms with Crippen LogP contribution in [0.4, 0.5) is 11.4 Å². The molecule has 0 spiro atoms. The number of ether oxygens (including phenoxy) is 1. The van der Waals surface area contributed by atoms with Gasteiger partial charge in [0.05, 0.1) is 30.4 Å². The van der Waals surface area contributed by atoms with E-state index in [9.17, 15) is 4.79 Å². The number of carbonyl (C=O) groups excluding carboxylic acids is 1. The zero-order chi connectivity index (χ0) is 19.9. The topological polar surface area (TPSA) is 76.4 Å². The fourth-order valence-corrected chi connectivity index (χ4v) is 2.70. The van der Waals surface area contributed by atoms with Gasteiger partial charge in [0.2, 0.25) is 0 Å². The fourth-order valence-electron chi connectivity index (χ4n) is 2.70. The molecule has 6 heteroatoms. The maximum absolute atomic E-state index is 12.2. The van der Waals surface area contributed by atoms with Gasteiger partial charge in [0.15, 0.2) is 5.75 Å². The highest BCUT2D eigenvalue weighted by molar-refractivity contribution is 5.92. The number of amides is 1. The molecular weight excluding hydrogens is 366 g/mol. The van der Waals surface area contributed by atoms with Gasteiger partial charge in [0.1, 0.15) is 17.2 Å². The maximum Gasteiger partial charge on any atom is 0.270 e. The summed E-state index contributed by atoms with van der Waals surface area (Å²) in [7, 11) is 0. The summed E-state index contributed by atoms with van der Waals surface area (Å²) in [4.78, 5) is 16.5. The van der Waals surface area contributed by atoms with Gasteiger partial charge in [-0.2, -0.15) is 0 Å². The molecule has 1 amide bonds. The summed E-state index contributed by atoms with van der Waals surface area (Å²) < 4.78 is 11.2. The van der Waals surface area contributed by atoms with Crippen LogP contribution >= 0.6 is 0 Å². The predicted octanol–water partition coefficient (Wildman–Crippen LogP) is 5.14. The van der Waals surface area contributed by atoms with Gasteiger partial charge in [-0.3, -0.25) is 4.79 Å². The molecule has 0 aliphatic carbocycles. The van der Waals surface area contributed by atoms with Crippen LogP contribution in [-0.4, -0.2) is 10.9 Å². The number of benzene rings is 2. The lowest BCUT2D eigenvalue weighted by atomic mass is 10.2. The Morgan fingerprint density at radius 3 is 2.52 bits per heavy atom. The SMILES string of the molecule is O=C(NCc1ccco1)c1ccc(Nc2ccccc2Oc2ccccc2)cn1. The molecule has 144 valence electrons. The molecule has 0 aliphatic heterocycles. The van der Waals surface area contributed by atoms with Crippen LogP contribution in [0.25, 0.3) is 0 Å². The lowest BCUT2D eigenvalue weighted by Crippen LogP contribution is -2.23. The van der Waals surface area contributed by atoms with E-state index in [1.165, 1.54) is 0 Å². The maximum atomic E-state index is 12.2. The van der Waals surface area contributed by atoms with Crippen molar-refractivity contribution in [3.8, 4) is 11.5 Å². The van der Waals surface area contributed by atoms with Crippen molar-refractivity contribution in [3.05, 3.63) is 103 Å². The molecule has 6 nitrogen and oxygen atoms in total. The van der Waals surface area contributed by atoms with Crippen molar-refractivity contribution in [1.82, 2.24) is 10.3 Å². The molecule has 0 fully saturated rings. The van der Waals surface area contributed by atoms with Crippen LogP contribution in [0, 0.1) is 0 Å². The number of carbonyl (C=O) groups is 1. The van der Waals surface area contributed by atoms with E-state index >= 15 is 0 Å². The first kappa shape index (κ1) is 18.3. The number of nitrogens with one attached hydrogen (secondary N) is 2. The summed E-state index contributed by atoms with van der Waals surface area (Å²) >= 11 is 0. The van der Waals surface area contributed by atoms with Crippen LogP contribution in [0.15, 0.2) is 95.7 Å². The molecule has 2 aromatic carbocycles. The number of pyridine rings is 1. The van der Waals surface area contributed by atoms with Gasteiger partial charge < -0.3 is 19.8 Å². The minimum absolute atomic E-state index is 0.263. The van der Waals surface area contributed by atoms with Crippen molar-refractivity contribution in [3.63, 3.8) is 0 Å². The monoisotopic (exact) mass is 385 g/mol. The van der Waals surface area contributed by atoms with Crippen LogP contribution in [0.5, 0.6) is 11.5 Å². The van der Waals surface area contributed by atoms with Crippen LogP contribution in [0.3, 0.4) is 0 Å². The molecule has 0 bridgehead atoms. The number of nitrogens with zero attached hydrogens (tertiary/aromatic N) is 1. The van der Waals surface area contributed by atoms with Crippen LogP contribution in [0.1, 0.15) is 16.2 Å². The van der Waals surface area contributed by atoms with Crippen molar-refractivity contribution < 1.29 is 13.9 Å². The molecule has 0 aliphatic rings. The third-order valence-electron chi connectivity index (χ3n) is 4.14. The van der Waals surface area contributed by atoms with Gasteiger partial charge in [-0.1, -0.05) is 30.3 Å². The Morgan fingerprint density at radius 1 is 0.931 bits per heavy atom. The van der Waals surface area contributed by atoms with E-state index in [-0.39, 0.29) is 5.91 Å². The standard InChI is InChI=1S/C23H19N3O3/c27-23(25-16-19-9-6-14-28-19)21-13-12-17(15-24-21)26-20-10-4-5-11-22(20)29-18-7-2-1-3-8-18/h1-15,26H,16H2,(H,25,27). The predicted molar refractivity (Wildman–Crippen MR) is 110 cm³/mol. The van der Waals surface area contributed by atoms with Gasteiger partial charge in [0, 0.05) is 0 Å². The molecule has 0 unspecified atom stereocenters. The first-order valence-electron chi connectivity index (χ1n) is 9.13. The molecule has 4 rings (SSSR count). The third-order valence-corrected chi connectivity index (χ3v) is 4.14. The number of furan rings is 1. The summed E-state index contributed by atoms with van der Waals surface area (Å²) in [5.74, 6) is 1.87. The number of anilines is 2. The van der Waals surface area contributed by atoms with Crippen molar-refractivity contribution in [2.45, 2.75) is 6.54 Å². The number of aromatic nitrogens is 1. The highest BCUT2D eigenvalue weighted by Crippen LogP contribution is 2.31. The number of hydrogen-bond donors (Lipinski definition) is 2. The Hall–Kier alpha value is -4.06. The van der Waals surface area contributed by atoms with Crippen molar-refractivity contribution in [2.24, 2.45) is 0 Å². The summed E-state index contributed by atoms with van der Waals surface area (Å²) in [5, 5.41) is 6.05. The van der Waals surface area contributed by atoms with Crippen LogP contribution in [-0.2, 0) is 6.54 Å². The van der Waals surface area contributed by atoms with E-state index in [1.54, 1.807) is 36.7 Å². The Kier molecular flexibility index (Phi) is 5.53. The lowest BCUT2D eigenvalue weighted by molar-refractivity contribution is 0.0943. The number of para-hydroxylation sites is 3. The second kappa shape index (κ2) is 8.75. The smallest absolute Gasteiger partial charge is 0.270 e. The van der Waals surface area contributed by atoms with E-state index < -0.39 is 0 Å². The molecular formula is C23H19N3O3. The molecule has 29 heavy (non-hydrogen) atoms. The lowest BCUT2D eigenvalue weighted by Gasteiger charge is -2.13. The highest BCUT2D eigenvalue weighted by Gasteiger charge is 2.09. The minimum Gasteiger partial charge on any atom is -0.467 e. The van der Waals surface area contributed by atoms with Gasteiger partial charge >= 0.3 is 0 Å². The minimum atomic E-state index is -0.263. The second-order valence-corrected chi connectivity index (χ2v) is 6.23. The van der Waals surface area contributed by atoms with Gasteiger partial charge in [-0.15, -0.1) is 0 Å². The Bertz CT molecular complexity index is 1060. The van der Waals surface area contributed by atoms with Crippen molar-refractivity contribution >= 4 is 17.3 Å². The molecule has 0 atom stereocenters. The Balaban J connectivity index is 1.42. The molecule has 0 saturated carbocycles. The van der Waals surface area contributed by atoms with E-state index in [0.717, 1.165) is 17.1 Å². The Labute approximate surface area is 168 Å². The zero-order valence-corrected chi connectivity index (χ0v) is 15.5. The molecule has 2 N–H and O–H groups in total. The molecule has 2 aromatic heterocycles. The summed E-state index contributed by atoms with van der Waals surface area (Å²) in [6.07, 6.45) is 3.18. The average molecular weight is 385 g/mol. The third kappa shape index (κ3) is 4.81. The van der Waals surface area contributed by atoms with Crippen molar-refractivity contribution in [2.75, 3.05) is 5.32 Å². The van der Waals surface area contributed by atoms with Crippen molar-refractivity contribution in [1.29, 1.82) is 0 Å². The summed E-state index contributed by atoms with van der Waals surface area (Å²) in [6.45, 7) is 0.317. The quantitative estimate of drug-likeness (QED) is 0.461. The normalized spacial score (nSPS) is 10.3. The average Bonchev–Trinajstić information content (AvgIpc) is 3.28. The summed E-state index contributed by atoms with van der Waals surface area (Å²) in [6, 6.07) is 24.3. The van der Waals surface area contributed by atoms with Gasteiger partial charge in [0.25, 0.3) is 5.91 Å². The molecule has 0 radical (unpaired) electrons. The van der Waals surface area contributed by atoms with Gasteiger partial charge in [-0.25, -0.2) is 4.98 Å². The van der Waals surface area contributed by atoms with Crippen LogP contribution < -0.4 is 15.4 Å². The molecule has 4 aromatic rings. The first-order chi connectivity index (χ1) is 14.3. The molecule has 2 heterocycles. The highest BCUT2D eigenvalue weighted by atomic mass is 16.5. The van der Waals surface area contributed by atoms with E-state index in [2.05, 4.69) is 15.6 Å². The van der Waals surface area contributed by atoms with E-state index in [1.807, 2.05) is 54.6 Å². The van der Waals surface area contributed by atoms with Crippen LogP contribution in [0.2, 0.25) is 0 Å². The number of rotatable bonds is 7. The Morgan fingerprint density at radius 2 is 1.76 bits per heavy atom. The zero-order valence-electron chi connectivity index (χ0n) is 15.5. The number of hydrogen-bond acceptors (Lipinski definition) is 5. The van der Waals surface area contributed by atoms with E-state index in [4.69, 9.17) is 9.15 Å². The van der Waals surface area contributed by atoms with Gasteiger partial charge in [-0.05, 0) is 48.5 Å². The van der Waals surface area contributed by atoms with E-state index in [0.29, 0.717) is 23.7 Å². The first-order valence-corrected chi connectivity index (χ1v) is 9.13. The summed E-state index contributed by atoms with van der Waals surface area (Å²) in [5.41, 5.74) is 1.88. The largest absolute Gasteiger partial charge is 0.467 e.